The monoisotopic (exact) mass is 277 g/mol. The summed E-state index contributed by atoms with van der Waals surface area (Å²) in [7, 11) is 0. The van der Waals surface area contributed by atoms with Crippen LogP contribution >= 0.6 is 11.8 Å². The molecular weight excluding hydrogens is 246 g/mol. The minimum absolute atomic E-state index is 0.229. The second-order valence-corrected chi connectivity index (χ2v) is 6.31. The normalized spacial score (nSPS) is 16.8. The summed E-state index contributed by atoms with van der Waals surface area (Å²) in [6.07, 6.45) is 4.07. The first-order chi connectivity index (χ1) is 8.49. The van der Waals surface area contributed by atoms with Crippen molar-refractivity contribution < 1.29 is 9.84 Å². The van der Waals surface area contributed by atoms with Crippen LogP contribution in [0.4, 0.5) is 0 Å². The zero-order valence-corrected chi connectivity index (χ0v) is 13.4. The molecule has 0 heterocycles. The zero-order valence-electron chi connectivity index (χ0n) is 12.6. The summed E-state index contributed by atoms with van der Waals surface area (Å²) in [5, 5.41) is 13.2. The van der Waals surface area contributed by atoms with E-state index in [2.05, 4.69) is 39.3 Å². The smallest absolute Gasteiger partial charge is 0.0897 e. The molecule has 3 nitrogen and oxygen atoms in total. The highest BCUT2D eigenvalue weighted by molar-refractivity contribution is 7.98. The molecule has 0 aromatic heterocycles. The van der Waals surface area contributed by atoms with E-state index in [1.54, 1.807) is 0 Å². The van der Waals surface area contributed by atoms with Gasteiger partial charge >= 0.3 is 0 Å². The SMILES string of the molecule is CCC(CSC)NCC(O)COC(C)CC(C)C. The first-order valence-electron chi connectivity index (χ1n) is 7.01. The van der Waals surface area contributed by atoms with Crippen LogP contribution in [0.15, 0.2) is 0 Å². The fraction of sp³-hybridized carbons (Fsp3) is 1.00. The van der Waals surface area contributed by atoms with Gasteiger partial charge in [0.2, 0.25) is 0 Å². The van der Waals surface area contributed by atoms with Crippen molar-refractivity contribution in [2.24, 2.45) is 5.92 Å². The van der Waals surface area contributed by atoms with Crippen molar-refractivity contribution in [1.82, 2.24) is 5.32 Å². The van der Waals surface area contributed by atoms with E-state index in [1.165, 1.54) is 0 Å². The minimum atomic E-state index is -0.407. The Bertz CT molecular complexity index is 191. The van der Waals surface area contributed by atoms with E-state index in [9.17, 15) is 5.11 Å². The predicted octanol–water partition coefficient (Wildman–Crippen LogP) is 2.53. The lowest BCUT2D eigenvalue weighted by Crippen LogP contribution is -2.39. The molecule has 0 spiro atoms. The Morgan fingerprint density at radius 3 is 2.44 bits per heavy atom. The van der Waals surface area contributed by atoms with E-state index >= 15 is 0 Å². The molecule has 0 saturated heterocycles. The van der Waals surface area contributed by atoms with E-state index in [-0.39, 0.29) is 6.10 Å². The number of aliphatic hydroxyl groups is 1. The Morgan fingerprint density at radius 2 is 1.94 bits per heavy atom. The fourth-order valence-corrected chi connectivity index (χ4v) is 2.65. The summed E-state index contributed by atoms with van der Waals surface area (Å²) in [5.41, 5.74) is 0. The van der Waals surface area contributed by atoms with Crippen LogP contribution in [0.2, 0.25) is 0 Å². The Balaban J connectivity index is 3.66. The van der Waals surface area contributed by atoms with Gasteiger partial charge in [-0.1, -0.05) is 20.8 Å². The molecule has 0 rings (SSSR count). The molecule has 0 amide bonds. The zero-order chi connectivity index (χ0) is 14.0. The predicted molar refractivity (Wildman–Crippen MR) is 81.3 cm³/mol. The van der Waals surface area contributed by atoms with Crippen molar-refractivity contribution in [3.8, 4) is 0 Å². The maximum absolute atomic E-state index is 9.85. The third-order valence-corrected chi connectivity index (χ3v) is 3.61. The van der Waals surface area contributed by atoms with Crippen molar-refractivity contribution in [2.45, 2.75) is 58.8 Å². The molecule has 0 radical (unpaired) electrons. The molecule has 2 N–H and O–H groups in total. The van der Waals surface area contributed by atoms with Crippen molar-refractivity contribution in [2.75, 3.05) is 25.2 Å². The molecule has 18 heavy (non-hydrogen) atoms. The lowest BCUT2D eigenvalue weighted by molar-refractivity contribution is -0.00910. The standard InChI is InChI=1S/C14H31NO2S/c1-6-13(10-18-5)15-8-14(16)9-17-12(4)7-11(2)3/h11-16H,6-10H2,1-5H3. The van der Waals surface area contributed by atoms with Crippen LogP contribution in [0.3, 0.4) is 0 Å². The molecule has 0 aliphatic carbocycles. The van der Waals surface area contributed by atoms with Gasteiger partial charge in [-0.25, -0.2) is 0 Å². The van der Waals surface area contributed by atoms with Gasteiger partial charge in [0.1, 0.15) is 0 Å². The largest absolute Gasteiger partial charge is 0.389 e. The van der Waals surface area contributed by atoms with Crippen LogP contribution in [0.1, 0.15) is 40.5 Å². The average molecular weight is 277 g/mol. The second-order valence-electron chi connectivity index (χ2n) is 5.40. The molecule has 3 unspecified atom stereocenters. The molecule has 0 saturated carbocycles. The van der Waals surface area contributed by atoms with Gasteiger partial charge in [-0.2, -0.15) is 11.8 Å². The van der Waals surface area contributed by atoms with Gasteiger partial charge < -0.3 is 15.2 Å². The van der Waals surface area contributed by atoms with Crippen LogP contribution in [0.25, 0.3) is 0 Å². The summed E-state index contributed by atoms with van der Waals surface area (Å²) >= 11 is 1.84. The molecule has 0 aliphatic rings. The molecule has 0 aromatic carbocycles. The number of aliphatic hydroxyl groups excluding tert-OH is 1. The molecule has 0 fully saturated rings. The van der Waals surface area contributed by atoms with Gasteiger partial charge in [-0.15, -0.1) is 0 Å². The van der Waals surface area contributed by atoms with E-state index < -0.39 is 6.10 Å². The first-order valence-corrected chi connectivity index (χ1v) is 8.40. The lowest BCUT2D eigenvalue weighted by Gasteiger charge is -2.21. The molecule has 0 aromatic rings. The van der Waals surface area contributed by atoms with Crippen LogP contribution in [-0.2, 0) is 4.74 Å². The molecular formula is C14H31NO2S. The quantitative estimate of drug-likeness (QED) is 0.609. The highest BCUT2D eigenvalue weighted by Crippen LogP contribution is 2.07. The van der Waals surface area contributed by atoms with Gasteiger partial charge in [0, 0.05) is 18.3 Å². The summed E-state index contributed by atoms with van der Waals surface area (Å²) in [6.45, 7) is 9.66. The number of nitrogens with one attached hydrogen (secondary N) is 1. The Kier molecular flexibility index (Phi) is 11.2. The van der Waals surface area contributed by atoms with Crippen molar-refractivity contribution >= 4 is 11.8 Å². The maximum atomic E-state index is 9.85. The number of ether oxygens (including phenoxy) is 1. The van der Waals surface area contributed by atoms with E-state index in [4.69, 9.17) is 4.74 Å². The summed E-state index contributed by atoms with van der Waals surface area (Å²) in [5.74, 6) is 1.73. The Hall–Kier alpha value is 0.230. The van der Waals surface area contributed by atoms with E-state index in [0.717, 1.165) is 18.6 Å². The second kappa shape index (κ2) is 11.1. The minimum Gasteiger partial charge on any atom is -0.389 e. The molecule has 110 valence electrons. The van der Waals surface area contributed by atoms with Gasteiger partial charge in [-0.3, -0.25) is 0 Å². The van der Waals surface area contributed by atoms with Crippen LogP contribution in [0, 0.1) is 5.92 Å². The molecule has 3 atom stereocenters. The van der Waals surface area contributed by atoms with Crippen LogP contribution < -0.4 is 5.32 Å². The number of hydrogen-bond acceptors (Lipinski definition) is 4. The molecule has 0 aliphatic heterocycles. The van der Waals surface area contributed by atoms with E-state index in [0.29, 0.717) is 25.1 Å². The van der Waals surface area contributed by atoms with E-state index in [1.807, 2.05) is 11.8 Å². The highest BCUT2D eigenvalue weighted by atomic mass is 32.2. The van der Waals surface area contributed by atoms with Gasteiger partial charge in [-0.05, 0) is 31.9 Å². The summed E-state index contributed by atoms with van der Waals surface area (Å²) in [6, 6.07) is 0.489. The highest BCUT2D eigenvalue weighted by Gasteiger charge is 2.11. The Labute approximate surface area is 117 Å². The number of thioether (sulfide) groups is 1. The van der Waals surface area contributed by atoms with Crippen molar-refractivity contribution in [3.05, 3.63) is 0 Å². The fourth-order valence-electron chi connectivity index (χ4n) is 1.89. The third kappa shape index (κ3) is 10.2. The topological polar surface area (TPSA) is 41.5 Å². The number of hydrogen-bond donors (Lipinski definition) is 2. The average Bonchev–Trinajstić information content (AvgIpc) is 2.31. The lowest BCUT2D eigenvalue weighted by atomic mass is 10.1. The first kappa shape index (κ1) is 18.2. The molecule has 4 heteroatoms. The Morgan fingerprint density at radius 1 is 1.28 bits per heavy atom. The van der Waals surface area contributed by atoms with Gasteiger partial charge in [0.15, 0.2) is 0 Å². The van der Waals surface area contributed by atoms with Gasteiger partial charge in [0.25, 0.3) is 0 Å². The summed E-state index contributed by atoms with van der Waals surface area (Å²) in [4.78, 5) is 0. The van der Waals surface area contributed by atoms with Crippen LogP contribution in [-0.4, -0.2) is 48.5 Å². The van der Waals surface area contributed by atoms with Gasteiger partial charge in [0.05, 0.1) is 18.8 Å². The molecule has 0 bridgehead atoms. The third-order valence-electron chi connectivity index (χ3n) is 2.88. The summed E-state index contributed by atoms with van der Waals surface area (Å²) < 4.78 is 5.65. The van der Waals surface area contributed by atoms with Crippen molar-refractivity contribution in [1.29, 1.82) is 0 Å². The van der Waals surface area contributed by atoms with Crippen LogP contribution in [0.5, 0.6) is 0 Å². The maximum Gasteiger partial charge on any atom is 0.0897 e. The van der Waals surface area contributed by atoms with Crippen molar-refractivity contribution in [3.63, 3.8) is 0 Å². The number of rotatable bonds is 11.